The molecule has 0 aliphatic carbocycles. The van der Waals surface area contributed by atoms with Crippen molar-refractivity contribution < 1.29 is 23.8 Å². The zero-order chi connectivity index (χ0) is 25.5. The Kier molecular flexibility index (Phi) is 9.16. The molecule has 1 unspecified atom stereocenters. The molecule has 11 heteroatoms. The Bertz CT molecular complexity index is 1170. The number of thioether (sulfide) groups is 1. The van der Waals surface area contributed by atoms with Crippen molar-refractivity contribution >= 4 is 40.0 Å². The Morgan fingerprint density at radius 2 is 1.83 bits per heavy atom. The summed E-state index contributed by atoms with van der Waals surface area (Å²) in [7, 11) is 2.95. The number of hydrogen-bond acceptors (Lipinski definition) is 9. The number of benzene rings is 1. The fourth-order valence-corrected chi connectivity index (χ4v) is 5.58. The van der Waals surface area contributed by atoms with E-state index in [2.05, 4.69) is 15.5 Å². The number of nitrogens with zero attached hydrogens (tertiary/aromatic N) is 3. The van der Waals surface area contributed by atoms with Crippen LogP contribution in [0.4, 0.5) is 5.00 Å². The lowest BCUT2D eigenvalue weighted by molar-refractivity contribution is -0.113. The van der Waals surface area contributed by atoms with Crippen molar-refractivity contribution in [1.82, 2.24) is 14.8 Å². The van der Waals surface area contributed by atoms with E-state index in [0.717, 1.165) is 16.2 Å². The van der Waals surface area contributed by atoms with Gasteiger partial charge in [0.05, 0.1) is 25.5 Å². The molecule has 0 bridgehead atoms. The standard InChI is InChI=1S/C24H30N4O5S2/c1-7-18-15(4)35-22(20(18)23(30)32-6)25-19(29)13-34-24-27-26-21(28(24)8-2)14(3)33-17-11-9-16(31-5)10-12-17/h9-12,14H,7-8,13H2,1-6H3,(H,25,29). The topological polar surface area (TPSA) is 105 Å². The smallest absolute Gasteiger partial charge is 0.341 e. The predicted molar refractivity (Wildman–Crippen MR) is 137 cm³/mol. The molecule has 0 aliphatic heterocycles. The van der Waals surface area contributed by atoms with Gasteiger partial charge in [0.15, 0.2) is 17.1 Å². The lowest BCUT2D eigenvalue weighted by atomic mass is 10.1. The third-order valence-corrected chi connectivity index (χ3v) is 7.36. The van der Waals surface area contributed by atoms with Gasteiger partial charge in [0.25, 0.3) is 0 Å². The number of amides is 1. The maximum Gasteiger partial charge on any atom is 0.341 e. The molecular formula is C24H30N4O5S2. The van der Waals surface area contributed by atoms with E-state index in [4.69, 9.17) is 14.2 Å². The Hall–Kier alpha value is -3.05. The van der Waals surface area contributed by atoms with Crippen molar-refractivity contribution in [3.05, 3.63) is 46.1 Å². The summed E-state index contributed by atoms with van der Waals surface area (Å²) in [5, 5.41) is 12.6. The molecule has 0 radical (unpaired) electrons. The van der Waals surface area contributed by atoms with E-state index in [1.807, 2.05) is 56.5 Å². The van der Waals surface area contributed by atoms with Gasteiger partial charge in [-0.1, -0.05) is 18.7 Å². The van der Waals surface area contributed by atoms with Crippen LogP contribution in [0.3, 0.4) is 0 Å². The Morgan fingerprint density at radius 3 is 2.43 bits per heavy atom. The average Bonchev–Trinajstić information content (AvgIpc) is 3.42. The summed E-state index contributed by atoms with van der Waals surface area (Å²) in [5.74, 6) is 1.54. The summed E-state index contributed by atoms with van der Waals surface area (Å²) in [4.78, 5) is 26.0. The first kappa shape index (κ1) is 26.6. The Labute approximate surface area is 213 Å². The molecule has 0 fully saturated rings. The minimum absolute atomic E-state index is 0.116. The molecule has 9 nitrogen and oxygen atoms in total. The average molecular weight is 519 g/mol. The van der Waals surface area contributed by atoms with Gasteiger partial charge in [-0.2, -0.15) is 0 Å². The molecule has 2 heterocycles. The van der Waals surface area contributed by atoms with Crippen LogP contribution in [-0.2, 0) is 22.5 Å². The van der Waals surface area contributed by atoms with Crippen molar-refractivity contribution in [3.63, 3.8) is 0 Å². The van der Waals surface area contributed by atoms with Crippen LogP contribution >= 0.6 is 23.1 Å². The molecule has 188 valence electrons. The molecule has 1 amide bonds. The molecule has 1 atom stereocenters. The highest BCUT2D eigenvalue weighted by molar-refractivity contribution is 7.99. The summed E-state index contributed by atoms with van der Waals surface area (Å²) in [5.41, 5.74) is 1.32. The van der Waals surface area contributed by atoms with E-state index in [1.165, 1.54) is 30.2 Å². The Balaban J connectivity index is 1.67. The number of thiophene rings is 1. The van der Waals surface area contributed by atoms with E-state index in [0.29, 0.717) is 40.3 Å². The molecule has 0 saturated carbocycles. The van der Waals surface area contributed by atoms with Gasteiger partial charge in [0.1, 0.15) is 16.5 Å². The Morgan fingerprint density at radius 1 is 1.14 bits per heavy atom. The second kappa shape index (κ2) is 12.1. The van der Waals surface area contributed by atoms with Crippen LogP contribution in [-0.4, -0.2) is 46.6 Å². The van der Waals surface area contributed by atoms with Crippen LogP contribution < -0.4 is 14.8 Å². The number of carbonyl (C=O) groups excluding carboxylic acids is 2. The summed E-state index contributed by atoms with van der Waals surface area (Å²) in [6.07, 6.45) is 0.333. The normalized spacial score (nSPS) is 11.7. The van der Waals surface area contributed by atoms with E-state index >= 15 is 0 Å². The number of hydrogen-bond donors (Lipinski definition) is 1. The lowest BCUT2D eigenvalue weighted by Gasteiger charge is -2.15. The zero-order valence-electron chi connectivity index (χ0n) is 20.7. The lowest BCUT2D eigenvalue weighted by Crippen LogP contribution is -2.17. The largest absolute Gasteiger partial charge is 0.497 e. The number of anilines is 1. The van der Waals surface area contributed by atoms with Gasteiger partial charge in [-0.25, -0.2) is 4.79 Å². The van der Waals surface area contributed by atoms with Gasteiger partial charge >= 0.3 is 5.97 Å². The number of carbonyl (C=O) groups is 2. The molecule has 0 aliphatic rings. The van der Waals surface area contributed by atoms with Gasteiger partial charge in [-0.3, -0.25) is 4.79 Å². The van der Waals surface area contributed by atoms with Crippen LogP contribution in [0.2, 0.25) is 0 Å². The first-order valence-electron chi connectivity index (χ1n) is 11.2. The SMILES string of the molecule is CCc1c(C)sc(NC(=O)CSc2nnc(C(C)Oc3ccc(OC)cc3)n2CC)c1C(=O)OC. The molecule has 1 N–H and O–H groups in total. The van der Waals surface area contributed by atoms with Crippen LogP contribution in [0.1, 0.15) is 53.5 Å². The summed E-state index contributed by atoms with van der Waals surface area (Å²) in [6, 6.07) is 7.33. The fraction of sp³-hybridized carbons (Fsp3) is 0.417. The number of rotatable bonds is 11. The summed E-state index contributed by atoms with van der Waals surface area (Å²) in [6.45, 7) is 8.41. The number of ether oxygens (including phenoxy) is 3. The molecule has 1 aromatic carbocycles. The maximum atomic E-state index is 12.7. The van der Waals surface area contributed by atoms with Gasteiger partial charge in [-0.05, 0) is 57.0 Å². The third kappa shape index (κ3) is 6.15. The van der Waals surface area contributed by atoms with Crippen molar-refractivity contribution in [2.45, 2.75) is 51.9 Å². The van der Waals surface area contributed by atoms with Gasteiger partial charge in [0.2, 0.25) is 5.91 Å². The quantitative estimate of drug-likeness (QED) is 0.282. The highest BCUT2D eigenvalue weighted by atomic mass is 32.2. The van der Waals surface area contributed by atoms with Crippen molar-refractivity contribution in [3.8, 4) is 11.5 Å². The predicted octanol–water partition coefficient (Wildman–Crippen LogP) is 4.90. The monoisotopic (exact) mass is 518 g/mol. The molecule has 0 saturated heterocycles. The van der Waals surface area contributed by atoms with Gasteiger partial charge < -0.3 is 24.1 Å². The molecule has 0 spiro atoms. The summed E-state index contributed by atoms with van der Waals surface area (Å²) >= 11 is 2.66. The third-order valence-electron chi connectivity index (χ3n) is 5.33. The minimum Gasteiger partial charge on any atom is -0.497 e. The highest BCUT2D eigenvalue weighted by Gasteiger charge is 2.24. The first-order chi connectivity index (χ1) is 16.8. The minimum atomic E-state index is -0.449. The highest BCUT2D eigenvalue weighted by Crippen LogP contribution is 2.34. The molecular weight excluding hydrogens is 488 g/mol. The molecule has 3 aromatic rings. The van der Waals surface area contributed by atoms with E-state index in [-0.39, 0.29) is 17.8 Å². The van der Waals surface area contributed by atoms with Crippen LogP contribution in [0.25, 0.3) is 0 Å². The van der Waals surface area contributed by atoms with Crippen molar-refractivity contribution in [2.24, 2.45) is 0 Å². The number of esters is 1. The molecule has 3 rings (SSSR count). The molecule has 35 heavy (non-hydrogen) atoms. The first-order valence-corrected chi connectivity index (χ1v) is 13.0. The second-order valence-electron chi connectivity index (χ2n) is 7.54. The van der Waals surface area contributed by atoms with Crippen molar-refractivity contribution in [2.75, 3.05) is 25.3 Å². The number of aryl methyl sites for hydroxylation is 1. The van der Waals surface area contributed by atoms with Crippen LogP contribution in [0, 0.1) is 6.92 Å². The number of aromatic nitrogens is 3. The summed E-state index contributed by atoms with van der Waals surface area (Å²) < 4.78 is 18.1. The number of nitrogens with one attached hydrogen (secondary N) is 1. The van der Waals surface area contributed by atoms with Crippen LogP contribution in [0.5, 0.6) is 11.5 Å². The second-order valence-corrected chi connectivity index (χ2v) is 9.71. The van der Waals surface area contributed by atoms with Gasteiger partial charge in [-0.15, -0.1) is 21.5 Å². The zero-order valence-corrected chi connectivity index (χ0v) is 22.3. The van der Waals surface area contributed by atoms with Crippen molar-refractivity contribution in [1.29, 1.82) is 0 Å². The number of methoxy groups -OCH3 is 2. The maximum absolute atomic E-state index is 12.7. The van der Waals surface area contributed by atoms with Gasteiger partial charge in [0, 0.05) is 11.4 Å². The van der Waals surface area contributed by atoms with E-state index in [1.54, 1.807) is 7.11 Å². The van der Waals surface area contributed by atoms with E-state index in [9.17, 15) is 9.59 Å². The fourth-order valence-electron chi connectivity index (χ4n) is 3.62. The molecule has 2 aromatic heterocycles. The van der Waals surface area contributed by atoms with E-state index < -0.39 is 5.97 Å². The van der Waals surface area contributed by atoms with Crippen LogP contribution in [0.15, 0.2) is 29.4 Å².